The van der Waals surface area contributed by atoms with Crippen molar-refractivity contribution in [2.24, 2.45) is 5.73 Å². The fourth-order valence-electron chi connectivity index (χ4n) is 2.30. The third-order valence-electron chi connectivity index (χ3n) is 3.55. The summed E-state index contributed by atoms with van der Waals surface area (Å²) in [6.07, 6.45) is 1.59. The Kier molecular flexibility index (Phi) is 6.17. The topological polar surface area (TPSA) is 58.4 Å². The lowest BCUT2D eigenvalue weighted by Crippen LogP contribution is -2.52. The minimum atomic E-state index is -0.789. The molecule has 0 aliphatic heterocycles. The zero-order valence-corrected chi connectivity index (χ0v) is 13.0. The molecule has 4 heteroatoms. The third-order valence-corrected chi connectivity index (χ3v) is 3.55. The van der Waals surface area contributed by atoms with Crippen molar-refractivity contribution in [1.82, 2.24) is 10.2 Å². The van der Waals surface area contributed by atoms with Gasteiger partial charge in [-0.2, -0.15) is 0 Å². The molecule has 0 radical (unpaired) electrons. The molecule has 0 aromatic heterocycles. The summed E-state index contributed by atoms with van der Waals surface area (Å²) in [5, 5.41) is 2.98. The molecule has 0 spiro atoms. The number of hydrogen-bond donors (Lipinski definition) is 2. The maximum atomic E-state index is 12.2. The summed E-state index contributed by atoms with van der Waals surface area (Å²) in [4.78, 5) is 14.3. The van der Waals surface area contributed by atoms with Crippen molar-refractivity contribution in [3.63, 3.8) is 0 Å². The lowest BCUT2D eigenvalue weighted by atomic mass is 9.96. The largest absolute Gasteiger partial charge is 0.353 e. The molecule has 1 amide bonds. The molecule has 2 atom stereocenters. The predicted octanol–water partition coefficient (Wildman–Crippen LogP) is 1.92. The zero-order valence-electron chi connectivity index (χ0n) is 13.0. The Bertz CT molecular complexity index is 415. The van der Waals surface area contributed by atoms with E-state index >= 15 is 0 Å². The molecule has 0 saturated carbocycles. The summed E-state index contributed by atoms with van der Waals surface area (Å²) >= 11 is 0. The smallest absolute Gasteiger partial charge is 0.239 e. The normalized spacial score (nSPS) is 15.7. The summed E-state index contributed by atoms with van der Waals surface area (Å²) in [5.74, 6) is -0.0814. The van der Waals surface area contributed by atoms with Crippen molar-refractivity contribution < 1.29 is 4.79 Å². The summed E-state index contributed by atoms with van der Waals surface area (Å²) in [6, 6.07) is 10.3. The Morgan fingerprint density at radius 1 is 1.35 bits per heavy atom. The van der Waals surface area contributed by atoms with Crippen LogP contribution in [-0.4, -0.2) is 37.0 Å². The Hall–Kier alpha value is -1.39. The maximum Gasteiger partial charge on any atom is 0.239 e. The van der Waals surface area contributed by atoms with Gasteiger partial charge in [0, 0.05) is 6.54 Å². The van der Waals surface area contributed by atoms with E-state index in [1.165, 1.54) is 5.56 Å². The predicted molar refractivity (Wildman–Crippen MR) is 83.4 cm³/mol. The fourth-order valence-corrected chi connectivity index (χ4v) is 2.30. The highest BCUT2D eigenvalue weighted by Gasteiger charge is 2.27. The van der Waals surface area contributed by atoms with Crippen LogP contribution >= 0.6 is 0 Å². The Morgan fingerprint density at radius 3 is 2.45 bits per heavy atom. The molecule has 112 valence electrons. The molecule has 20 heavy (non-hydrogen) atoms. The molecule has 1 aromatic rings. The maximum absolute atomic E-state index is 12.2. The number of benzene rings is 1. The molecule has 3 N–H and O–H groups in total. The molecule has 2 unspecified atom stereocenters. The molecule has 1 rings (SSSR count). The van der Waals surface area contributed by atoms with Gasteiger partial charge in [-0.25, -0.2) is 0 Å². The molecule has 0 aliphatic carbocycles. The molecule has 0 bridgehead atoms. The van der Waals surface area contributed by atoms with Crippen LogP contribution in [0.1, 0.15) is 38.3 Å². The number of hydrogen-bond acceptors (Lipinski definition) is 3. The van der Waals surface area contributed by atoms with Crippen molar-refractivity contribution in [3.05, 3.63) is 35.9 Å². The molecular weight excluding hydrogens is 250 g/mol. The lowest BCUT2D eigenvalue weighted by Gasteiger charge is -2.28. The van der Waals surface area contributed by atoms with Crippen LogP contribution in [0.3, 0.4) is 0 Å². The molecule has 0 fully saturated rings. The van der Waals surface area contributed by atoms with Gasteiger partial charge < -0.3 is 16.0 Å². The van der Waals surface area contributed by atoms with E-state index in [9.17, 15) is 4.79 Å². The van der Waals surface area contributed by atoms with Gasteiger partial charge in [0.25, 0.3) is 0 Å². The average Bonchev–Trinajstić information content (AvgIpc) is 2.39. The number of rotatable bonds is 7. The van der Waals surface area contributed by atoms with Crippen LogP contribution in [0.5, 0.6) is 0 Å². The minimum absolute atomic E-state index is 0.0814. The van der Waals surface area contributed by atoms with E-state index in [0.717, 1.165) is 6.42 Å². The number of carbonyl (C=O) groups excluding carboxylic acids is 1. The van der Waals surface area contributed by atoms with Gasteiger partial charge in [-0.15, -0.1) is 0 Å². The molecule has 1 aromatic carbocycles. The summed E-state index contributed by atoms with van der Waals surface area (Å²) < 4.78 is 0. The van der Waals surface area contributed by atoms with Crippen LogP contribution in [-0.2, 0) is 4.79 Å². The van der Waals surface area contributed by atoms with Gasteiger partial charge >= 0.3 is 0 Å². The van der Waals surface area contributed by atoms with E-state index < -0.39 is 5.54 Å². The van der Waals surface area contributed by atoms with E-state index in [4.69, 9.17) is 5.73 Å². The summed E-state index contributed by atoms with van der Waals surface area (Å²) in [5.41, 5.74) is 6.44. The fraction of sp³-hybridized carbons (Fsp3) is 0.562. The lowest BCUT2D eigenvalue weighted by molar-refractivity contribution is -0.126. The third kappa shape index (κ3) is 4.62. The second-order valence-corrected chi connectivity index (χ2v) is 5.77. The Labute approximate surface area is 122 Å². The van der Waals surface area contributed by atoms with Crippen molar-refractivity contribution in [2.75, 3.05) is 20.6 Å². The summed E-state index contributed by atoms with van der Waals surface area (Å²) in [6.45, 7) is 4.39. The van der Waals surface area contributed by atoms with E-state index in [1.54, 1.807) is 6.92 Å². The van der Waals surface area contributed by atoms with Crippen LogP contribution in [0.25, 0.3) is 0 Å². The highest BCUT2D eigenvalue weighted by Crippen LogP contribution is 2.17. The Morgan fingerprint density at radius 2 is 1.95 bits per heavy atom. The first-order valence-electron chi connectivity index (χ1n) is 7.17. The van der Waals surface area contributed by atoms with E-state index in [2.05, 4.69) is 22.3 Å². The van der Waals surface area contributed by atoms with Gasteiger partial charge in [0.2, 0.25) is 5.91 Å². The SMILES string of the molecule is CCCC(C)(N)C(=O)NCC(c1ccccc1)N(C)C. The second kappa shape index (κ2) is 7.41. The number of carbonyl (C=O) groups is 1. The van der Waals surface area contributed by atoms with Crippen LogP contribution in [0.2, 0.25) is 0 Å². The van der Waals surface area contributed by atoms with Crippen LogP contribution < -0.4 is 11.1 Å². The van der Waals surface area contributed by atoms with Crippen molar-refractivity contribution in [1.29, 1.82) is 0 Å². The first kappa shape index (κ1) is 16.7. The molecule has 0 saturated heterocycles. The van der Waals surface area contributed by atoms with E-state index in [-0.39, 0.29) is 11.9 Å². The van der Waals surface area contributed by atoms with Crippen LogP contribution in [0.4, 0.5) is 0 Å². The van der Waals surface area contributed by atoms with Gasteiger partial charge in [-0.3, -0.25) is 4.79 Å². The van der Waals surface area contributed by atoms with E-state index in [0.29, 0.717) is 13.0 Å². The Balaban J connectivity index is 2.67. The monoisotopic (exact) mass is 277 g/mol. The number of nitrogens with two attached hydrogens (primary N) is 1. The van der Waals surface area contributed by atoms with Crippen LogP contribution in [0, 0.1) is 0 Å². The number of likely N-dealkylation sites (N-methyl/N-ethyl adjacent to an activating group) is 1. The van der Waals surface area contributed by atoms with Crippen LogP contribution in [0.15, 0.2) is 30.3 Å². The molecule has 4 nitrogen and oxygen atoms in total. The van der Waals surface area contributed by atoms with Gasteiger partial charge in [0.05, 0.1) is 11.6 Å². The quantitative estimate of drug-likeness (QED) is 0.800. The molecule has 0 heterocycles. The second-order valence-electron chi connectivity index (χ2n) is 5.77. The molecule has 0 aliphatic rings. The zero-order chi connectivity index (χ0) is 15.2. The van der Waals surface area contributed by atoms with Gasteiger partial charge in [-0.1, -0.05) is 43.7 Å². The van der Waals surface area contributed by atoms with E-state index in [1.807, 2.05) is 39.2 Å². The number of nitrogens with zero attached hydrogens (tertiary/aromatic N) is 1. The first-order chi connectivity index (χ1) is 9.38. The standard InChI is InChI=1S/C16H27N3O/c1-5-11-16(2,17)15(20)18-12-14(19(3)4)13-9-7-6-8-10-13/h6-10,14H,5,11-12,17H2,1-4H3,(H,18,20). The summed E-state index contributed by atoms with van der Waals surface area (Å²) in [7, 11) is 4.02. The van der Waals surface area contributed by atoms with Gasteiger partial charge in [0.15, 0.2) is 0 Å². The minimum Gasteiger partial charge on any atom is -0.353 e. The van der Waals surface area contributed by atoms with Gasteiger partial charge in [0.1, 0.15) is 0 Å². The van der Waals surface area contributed by atoms with Crippen molar-refractivity contribution in [3.8, 4) is 0 Å². The highest BCUT2D eigenvalue weighted by atomic mass is 16.2. The molecular formula is C16H27N3O. The van der Waals surface area contributed by atoms with Gasteiger partial charge in [-0.05, 0) is 33.0 Å². The number of nitrogens with one attached hydrogen (secondary N) is 1. The highest BCUT2D eigenvalue weighted by molar-refractivity contribution is 5.85. The number of amides is 1. The first-order valence-corrected chi connectivity index (χ1v) is 7.17. The van der Waals surface area contributed by atoms with Crippen molar-refractivity contribution >= 4 is 5.91 Å². The average molecular weight is 277 g/mol. The van der Waals surface area contributed by atoms with Crippen molar-refractivity contribution in [2.45, 2.75) is 38.3 Å².